The number of rotatable bonds is 4. The molecule has 0 aliphatic rings. The molecule has 0 radical (unpaired) electrons. The van der Waals surface area contributed by atoms with E-state index in [-0.39, 0.29) is 18.2 Å². The van der Waals surface area contributed by atoms with Gasteiger partial charge in [-0.05, 0) is 42.0 Å². The van der Waals surface area contributed by atoms with Gasteiger partial charge in [0, 0.05) is 25.3 Å². The van der Waals surface area contributed by atoms with E-state index in [9.17, 15) is 14.4 Å². The monoisotopic (exact) mass is 339 g/mol. The van der Waals surface area contributed by atoms with Crippen molar-refractivity contribution in [3.8, 4) is 0 Å². The van der Waals surface area contributed by atoms with Gasteiger partial charge in [-0.25, -0.2) is 4.79 Å². The maximum Gasteiger partial charge on any atom is 0.419 e. The molecule has 128 valence electrons. The standard InChI is InChI=1S/C18H17N3O4/c1-11(22)19-13-4-6-14(7-5-13)20-17(23)10-12-3-8-16-15(9-12)21(2)18(24)25-16/h3-9H,10H2,1-2H3,(H,19,22)(H,20,23). The Morgan fingerprint density at radius 1 is 1.04 bits per heavy atom. The van der Waals surface area contributed by atoms with Crippen molar-refractivity contribution < 1.29 is 14.0 Å². The number of fused-ring (bicyclic) bond motifs is 1. The number of anilines is 2. The zero-order valence-electron chi connectivity index (χ0n) is 13.8. The molecule has 2 amide bonds. The SMILES string of the molecule is CC(=O)Nc1ccc(NC(=O)Cc2ccc3oc(=O)n(C)c3c2)cc1. The summed E-state index contributed by atoms with van der Waals surface area (Å²) in [6, 6.07) is 12.1. The lowest BCUT2D eigenvalue weighted by molar-refractivity contribution is -0.116. The first kappa shape index (κ1) is 16.5. The van der Waals surface area contributed by atoms with E-state index in [1.165, 1.54) is 11.5 Å². The molecule has 0 saturated heterocycles. The maximum atomic E-state index is 12.2. The van der Waals surface area contributed by atoms with Crippen molar-refractivity contribution in [3.63, 3.8) is 0 Å². The van der Waals surface area contributed by atoms with Gasteiger partial charge in [0.05, 0.1) is 11.9 Å². The number of benzene rings is 2. The van der Waals surface area contributed by atoms with Gasteiger partial charge < -0.3 is 15.1 Å². The second-order valence-electron chi connectivity index (χ2n) is 5.71. The summed E-state index contributed by atoms with van der Waals surface area (Å²) < 4.78 is 6.47. The molecule has 7 heteroatoms. The highest BCUT2D eigenvalue weighted by molar-refractivity contribution is 5.93. The van der Waals surface area contributed by atoms with E-state index in [2.05, 4.69) is 10.6 Å². The number of aromatic nitrogens is 1. The van der Waals surface area contributed by atoms with E-state index in [1.54, 1.807) is 49.5 Å². The third kappa shape index (κ3) is 3.77. The zero-order chi connectivity index (χ0) is 18.0. The van der Waals surface area contributed by atoms with Crippen LogP contribution in [0.5, 0.6) is 0 Å². The maximum absolute atomic E-state index is 12.2. The molecule has 0 saturated carbocycles. The van der Waals surface area contributed by atoms with Gasteiger partial charge in [0.2, 0.25) is 11.8 Å². The molecule has 0 aliphatic carbocycles. The minimum atomic E-state index is -0.434. The number of amides is 2. The summed E-state index contributed by atoms with van der Waals surface area (Å²) in [4.78, 5) is 34.7. The van der Waals surface area contributed by atoms with Crippen LogP contribution in [0.2, 0.25) is 0 Å². The highest BCUT2D eigenvalue weighted by Gasteiger charge is 2.09. The summed E-state index contributed by atoms with van der Waals surface area (Å²) in [7, 11) is 1.62. The number of carbonyl (C=O) groups is 2. The molecule has 0 atom stereocenters. The molecule has 7 nitrogen and oxygen atoms in total. The zero-order valence-corrected chi connectivity index (χ0v) is 13.8. The van der Waals surface area contributed by atoms with Crippen LogP contribution in [0.1, 0.15) is 12.5 Å². The average Bonchev–Trinajstić information content (AvgIpc) is 2.83. The fraction of sp³-hybridized carbons (Fsp3) is 0.167. The van der Waals surface area contributed by atoms with Gasteiger partial charge in [-0.15, -0.1) is 0 Å². The Balaban J connectivity index is 1.69. The van der Waals surface area contributed by atoms with E-state index in [1.807, 2.05) is 0 Å². The second kappa shape index (κ2) is 6.64. The first-order valence-electron chi connectivity index (χ1n) is 7.68. The minimum Gasteiger partial charge on any atom is -0.408 e. The van der Waals surface area contributed by atoms with E-state index >= 15 is 0 Å². The Morgan fingerprint density at radius 2 is 1.68 bits per heavy atom. The van der Waals surface area contributed by atoms with Crippen LogP contribution >= 0.6 is 0 Å². The molecule has 0 fully saturated rings. The first-order valence-corrected chi connectivity index (χ1v) is 7.68. The summed E-state index contributed by atoms with van der Waals surface area (Å²) >= 11 is 0. The highest BCUT2D eigenvalue weighted by atomic mass is 16.4. The molecule has 0 spiro atoms. The molecule has 1 aromatic heterocycles. The van der Waals surface area contributed by atoms with Gasteiger partial charge >= 0.3 is 5.76 Å². The van der Waals surface area contributed by atoms with Crippen molar-refractivity contribution in [2.24, 2.45) is 7.05 Å². The van der Waals surface area contributed by atoms with E-state index in [0.717, 1.165) is 5.56 Å². The number of oxazole rings is 1. The van der Waals surface area contributed by atoms with Crippen LogP contribution in [0.4, 0.5) is 11.4 Å². The Bertz CT molecular complexity index is 999. The van der Waals surface area contributed by atoms with E-state index < -0.39 is 5.76 Å². The van der Waals surface area contributed by atoms with Gasteiger partial charge in [0.25, 0.3) is 0 Å². The topological polar surface area (TPSA) is 93.3 Å². The van der Waals surface area contributed by atoms with Crippen molar-refractivity contribution >= 4 is 34.3 Å². The van der Waals surface area contributed by atoms with Crippen LogP contribution in [0.3, 0.4) is 0 Å². The van der Waals surface area contributed by atoms with E-state index in [0.29, 0.717) is 22.5 Å². The fourth-order valence-corrected chi connectivity index (χ4v) is 2.51. The summed E-state index contributed by atoms with van der Waals surface area (Å²) in [5.74, 6) is -0.767. The Hall–Kier alpha value is -3.35. The van der Waals surface area contributed by atoms with Gasteiger partial charge in [-0.2, -0.15) is 0 Å². The highest BCUT2D eigenvalue weighted by Crippen LogP contribution is 2.16. The summed E-state index contributed by atoms with van der Waals surface area (Å²) in [5.41, 5.74) is 3.21. The van der Waals surface area contributed by atoms with Crippen molar-refractivity contribution in [1.29, 1.82) is 0 Å². The number of nitrogens with zero attached hydrogens (tertiary/aromatic N) is 1. The normalized spacial score (nSPS) is 10.6. The number of hydrogen-bond donors (Lipinski definition) is 2. The molecular weight excluding hydrogens is 322 g/mol. The lowest BCUT2D eigenvalue weighted by Gasteiger charge is -2.07. The van der Waals surface area contributed by atoms with Crippen molar-refractivity contribution in [1.82, 2.24) is 4.57 Å². The van der Waals surface area contributed by atoms with Crippen LogP contribution in [0.25, 0.3) is 11.1 Å². The van der Waals surface area contributed by atoms with Crippen LogP contribution in [-0.4, -0.2) is 16.4 Å². The van der Waals surface area contributed by atoms with Gasteiger partial charge in [0.1, 0.15) is 0 Å². The van der Waals surface area contributed by atoms with Gasteiger partial charge in [-0.3, -0.25) is 14.2 Å². The molecule has 2 N–H and O–H groups in total. The van der Waals surface area contributed by atoms with Crippen LogP contribution in [0, 0.1) is 0 Å². The summed E-state index contributed by atoms with van der Waals surface area (Å²) in [6.07, 6.45) is 0.169. The lowest BCUT2D eigenvalue weighted by Crippen LogP contribution is -2.14. The van der Waals surface area contributed by atoms with Crippen LogP contribution in [-0.2, 0) is 23.1 Å². The molecule has 0 unspecified atom stereocenters. The van der Waals surface area contributed by atoms with Crippen molar-refractivity contribution in [2.45, 2.75) is 13.3 Å². The van der Waals surface area contributed by atoms with Crippen molar-refractivity contribution in [2.75, 3.05) is 10.6 Å². The summed E-state index contributed by atoms with van der Waals surface area (Å²) in [5, 5.41) is 5.46. The third-order valence-corrected chi connectivity index (χ3v) is 3.71. The number of nitrogens with one attached hydrogen (secondary N) is 2. The minimum absolute atomic E-state index is 0.152. The Labute approximate surface area is 143 Å². The largest absolute Gasteiger partial charge is 0.419 e. The number of hydrogen-bond acceptors (Lipinski definition) is 4. The fourth-order valence-electron chi connectivity index (χ4n) is 2.51. The quantitative estimate of drug-likeness (QED) is 0.762. The van der Waals surface area contributed by atoms with Crippen LogP contribution < -0.4 is 16.4 Å². The predicted molar refractivity (Wildman–Crippen MR) is 94.5 cm³/mol. The molecule has 2 aromatic carbocycles. The average molecular weight is 339 g/mol. The van der Waals surface area contributed by atoms with Crippen LogP contribution in [0.15, 0.2) is 51.7 Å². The molecule has 25 heavy (non-hydrogen) atoms. The molecule has 1 heterocycles. The van der Waals surface area contributed by atoms with E-state index in [4.69, 9.17) is 4.42 Å². The molecule has 3 aromatic rings. The summed E-state index contributed by atoms with van der Waals surface area (Å²) in [6.45, 7) is 1.43. The Kier molecular flexibility index (Phi) is 4.38. The molecule has 3 rings (SSSR count). The molecule has 0 aliphatic heterocycles. The Morgan fingerprint density at radius 3 is 2.32 bits per heavy atom. The van der Waals surface area contributed by atoms with Gasteiger partial charge in [-0.1, -0.05) is 6.07 Å². The predicted octanol–water partition coefficient (Wildman–Crippen LogP) is 2.27. The number of aryl methyl sites for hydroxylation is 1. The first-order chi connectivity index (χ1) is 11.9. The lowest BCUT2D eigenvalue weighted by atomic mass is 10.1. The second-order valence-corrected chi connectivity index (χ2v) is 5.71. The van der Waals surface area contributed by atoms with Crippen molar-refractivity contribution in [3.05, 3.63) is 58.6 Å². The third-order valence-electron chi connectivity index (χ3n) is 3.71. The smallest absolute Gasteiger partial charge is 0.408 e. The molecule has 0 bridgehead atoms. The van der Waals surface area contributed by atoms with Gasteiger partial charge in [0.15, 0.2) is 5.58 Å². The molecular formula is C18H17N3O4. The number of carbonyl (C=O) groups excluding carboxylic acids is 2.